The van der Waals surface area contributed by atoms with Crippen molar-refractivity contribution in [3.8, 4) is 0 Å². The molecule has 1 saturated heterocycles. The number of para-hydroxylation sites is 4. The molecule has 0 saturated carbocycles. The summed E-state index contributed by atoms with van der Waals surface area (Å²) in [5, 5.41) is 7.54. The summed E-state index contributed by atoms with van der Waals surface area (Å²) in [6.07, 6.45) is -3.23. The van der Waals surface area contributed by atoms with Crippen LogP contribution >= 0.6 is 16.5 Å². The maximum absolute atomic E-state index is 7.76. The van der Waals surface area contributed by atoms with E-state index in [2.05, 4.69) is 163 Å². The second-order valence-corrected chi connectivity index (χ2v) is 31.8. The minimum Gasteiger partial charge on any atom is -0.405 e. The van der Waals surface area contributed by atoms with Crippen molar-refractivity contribution in [3.63, 3.8) is 0 Å². The lowest BCUT2D eigenvalue weighted by Gasteiger charge is -2.44. The zero-order chi connectivity index (χ0) is 51.6. The number of hydrogen-bond acceptors (Lipinski definition) is 9. The Kier molecular flexibility index (Phi) is 14.6. The minimum absolute atomic E-state index is 0.134. The van der Waals surface area contributed by atoms with Crippen molar-refractivity contribution < 1.29 is 39.4 Å². The molecular weight excluding hydrogens is 1010 g/mol. The summed E-state index contributed by atoms with van der Waals surface area (Å²) in [7, 11) is -10.6. The number of hydrogen-bond donors (Lipinski definition) is 0. The van der Waals surface area contributed by atoms with E-state index in [9.17, 15) is 0 Å². The van der Waals surface area contributed by atoms with Crippen molar-refractivity contribution in [1.82, 2.24) is 0 Å². The molecule has 0 spiro atoms. The molecule has 75 heavy (non-hydrogen) atoms. The van der Waals surface area contributed by atoms with E-state index in [1.165, 1.54) is 0 Å². The van der Waals surface area contributed by atoms with E-state index < -0.39 is 57.5 Å². The molecule has 9 nitrogen and oxygen atoms in total. The van der Waals surface area contributed by atoms with Gasteiger partial charge in [-0.05, 0) is 55.1 Å². The van der Waals surface area contributed by atoms with E-state index >= 15 is 0 Å². The standard InChI is InChI=1S/C62H62O9P2Si2/c1-61(2,3)74(45-27-11-7-12-28-45,46-29-13-8-14-30-46)63-43-57-59(70-72-66-53-39-23-19-35-49(53)50-36-20-24-40-54(50)67-72)60(71-73-68-55-41-25-21-37-51(55)52-38-22-26-42-56(52)69-73)58(65-57)44-64-75(62(4,5)6,47-31-15-9-16-32-47)48-33-17-10-18-34-48/h7-42,57-60H,43-44H2,1-6H3/t57-,58-,59+,60+/m1/s1. The summed E-state index contributed by atoms with van der Waals surface area (Å²) in [5.74, 6) is 0. The van der Waals surface area contributed by atoms with Gasteiger partial charge in [0, 0.05) is 21.5 Å². The van der Waals surface area contributed by atoms with Gasteiger partial charge in [0.05, 0.1) is 13.2 Å². The Morgan fingerprint density at radius 2 is 0.587 bits per heavy atom. The van der Waals surface area contributed by atoms with Crippen molar-refractivity contribution in [2.24, 2.45) is 0 Å². The average Bonchev–Trinajstić information content (AvgIpc) is 3.54. The highest BCUT2D eigenvalue weighted by molar-refractivity contribution is 7.32. The van der Waals surface area contributed by atoms with Gasteiger partial charge in [-0.3, -0.25) is 9.05 Å². The molecule has 3 heterocycles. The molecule has 13 heteroatoms. The van der Waals surface area contributed by atoms with Crippen LogP contribution in [0.25, 0.3) is 43.9 Å². The number of benzene rings is 8. The maximum Gasteiger partial charge on any atom is 0.387 e. The number of ether oxygens (including phenoxy) is 1. The van der Waals surface area contributed by atoms with Gasteiger partial charge in [0.1, 0.15) is 46.7 Å². The van der Waals surface area contributed by atoms with Gasteiger partial charge in [-0.2, -0.15) is 0 Å². The minimum atomic E-state index is -3.14. The second-order valence-electron chi connectivity index (χ2n) is 21.1. The Morgan fingerprint density at radius 1 is 0.347 bits per heavy atom. The molecule has 0 radical (unpaired) electrons. The smallest absolute Gasteiger partial charge is 0.387 e. The lowest BCUT2D eigenvalue weighted by molar-refractivity contribution is -0.0266. The van der Waals surface area contributed by atoms with Crippen LogP contribution in [0, 0.1) is 0 Å². The predicted molar refractivity (Wildman–Crippen MR) is 309 cm³/mol. The molecule has 0 aliphatic carbocycles. The van der Waals surface area contributed by atoms with E-state index in [4.69, 9.17) is 39.4 Å². The van der Waals surface area contributed by atoms with Crippen LogP contribution in [0.3, 0.4) is 0 Å². The lowest BCUT2D eigenvalue weighted by atomic mass is 10.1. The second kappa shape index (κ2) is 21.4. The van der Waals surface area contributed by atoms with Gasteiger partial charge in [0.15, 0.2) is 0 Å². The molecule has 2 aromatic heterocycles. The van der Waals surface area contributed by atoms with Crippen LogP contribution in [0.5, 0.6) is 0 Å². The highest BCUT2D eigenvalue weighted by atomic mass is 31.1. The summed E-state index contributed by atoms with van der Waals surface area (Å²) in [6.45, 7) is 13.9. The summed E-state index contributed by atoms with van der Waals surface area (Å²) in [6, 6.07) is 74.4. The third-order valence-corrected chi connectivity index (χ3v) is 26.6. The third kappa shape index (κ3) is 9.94. The molecule has 11 rings (SSSR count). The Balaban J connectivity index is 1.11. The van der Waals surface area contributed by atoms with E-state index in [-0.39, 0.29) is 23.3 Å². The predicted octanol–water partition coefficient (Wildman–Crippen LogP) is 14.1. The van der Waals surface area contributed by atoms with Crippen molar-refractivity contribution in [2.45, 2.75) is 76.0 Å². The first-order valence-corrected chi connectivity index (χ1v) is 31.6. The molecule has 0 unspecified atom stereocenters. The van der Waals surface area contributed by atoms with Gasteiger partial charge >= 0.3 is 16.5 Å². The van der Waals surface area contributed by atoms with Crippen LogP contribution in [0.2, 0.25) is 10.1 Å². The quantitative estimate of drug-likeness (QED) is 0.0986. The fourth-order valence-electron chi connectivity index (χ4n) is 11.0. The molecule has 1 aliphatic rings. The van der Waals surface area contributed by atoms with Crippen LogP contribution in [-0.2, 0) is 13.6 Å². The fourth-order valence-corrected chi connectivity index (χ4v) is 22.6. The van der Waals surface area contributed by atoms with Gasteiger partial charge < -0.3 is 30.4 Å². The molecule has 1 fully saturated rings. The highest BCUT2D eigenvalue weighted by Crippen LogP contribution is 2.44. The first kappa shape index (κ1) is 50.9. The molecule has 0 bridgehead atoms. The third-order valence-electron chi connectivity index (χ3n) is 14.4. The normalized spacial score (nSPS) is 17.5. The van der Waals surface area contributed by atoms with Crippen molar-refractivity contribution in [3.05, 3.63) is 218 Å². The summed E-state index contributed by atoms with van der Waals surface area (Å²) in [4.78, 5) is 0. The number of fused-ring (bicyclic) bond motifs is 6. The number of rotatable bonds is 14. The van der Waals surface area contributed by atoms with Crippen LogP contribution in [0.1, 0.15) is 41.5 Å². The SMILES string of the molecule is CC(C)(C)[Si](OC[C@H]1O[C@H](CO[Si](c2ccccc2)(c2ccccc2)C(C)(C)C)[C@H](Op2oc3ccccc3c3ccccc3o2)[C@H]1Op1oc2ccccc2c2ccccc2o1)(c1ccccc1)c1ccccc1. The van der Waals surface area contributed by atoms with Gasteiger partial charge in [0.25, 0.3) is 16.6 Å². The Hall–Kier alpha value is -6.21. The largest absolute Gasteiger partial charge is 0.405 e. The topological polar surface area (TPSA) is 98.7 Å². The van der Waals surface area contributed by atoms with Crippen LogP contribution in [0.15, 0.2) is 235 Å². The molecular formula is C62H62O9P2Si2. The van der Waals surface area contributed by atoms with Crippen LogP contribution in [0.4, 0.5) is 0 Å². The molecule has 0 amide bonds. The molecule has 0 N–H and O–H groups in total. The van der Waals surface area contributed by atoms with Crippen molar-refractivity contribution >= 4 is 97.7 Å². The molecule has 10 aromatic rings. The average molecular weight is 1070 g/mol. The van der Waals surface area contributed by atoms with E-state index in [0.29, 0.717) is 22.3 Å². The molecule has 382 valence electrons. The van der Waals surface area contributed by atoms with Crippen molar-refractivity contribution in [2.75, 3.05) is 13.2 Å². The summed E-state index contributed by atoms with van der Waals surface area (Å²) >= 11 is 0. The van der Waals surface area contributed by atoms with E-state index in [0.717, 1.165) is 42.3 Å². The Morgan fingerprint density at radius 3 is 0.840 bits per heavy atom. The van der Waals surface area contributed by atoms with E-state index in [1.54, 1.807) is 0 Å². The highest BCUT2D eigenvalue weighted by Gasteiger charge is 2.56. The van der Waals surface area contributed by atoms with Gasteiger partial charge in [0.2, 0.25) is 0 Å². The summed E-state index contributed by atoms with van der Waals surface area (Å²) in [5.41, 5.74) is 2.57. The zero-order valence-corrected chi connectivity index (χ0v) is 46.9. The fraction of sp³-hybridized carbons (Fsp3) is 0.226. The van der Waals surface area contributed by atoms with Crippen LogP contribution in [-0.4, -0.2) is 54.3 Å². The molecule has 1 aliphatic heterocycles. The Labute approximate surface area is 442 Å². The van der Waals surface area contributed by atoms with Crippen LogP contribution < -0.4 is 29.8 Å². The molecule has 8 aromatic carbocycles. The van der Waals surface area contributed by atoms with Crippen molar-refractivity contribution in [1.29, 1.82) is 0 Å². The van der Waals surface area contributed by atoms with Gasteiger partial charge in [-0.15, -0.1) is 0 Å². The zero-order valence-electron chi connectivity index (χ0n) is 43.1. The first-order valence-electron chi connectivity index (χ1n) is 25.6. The Bertz CT molecular complexity index is 3190. The van der Waals surface area contributed by atoms with E-state index in [1.807, 2.05) is 97.1 Å². The maximum atomic E-state index is 7.76. The summed E-state index contributed by atoms with van der Waals surface area (Å²) < 4.78 is 65.2. The van der Waals surface area contributed by atoms with Gasteiger partial charge in [-0.1, -0.05) is 236 Å². The lowest BCUT2D eigenvalue weighted by Crippen LogP contribution is -2.67. The van der Waals surface area contributed by atoms with Gasteiger partial charge in [-0.25, -0.2) is 0 Å². The molecule has 4 atom stereocenters. The first-order chi connectivity index (χ1) is 36.4. The monoisotopic (exact) mass is 1070 g/mol.